The van der Waals surface area contributed by atoms with Crippen molar-refractivity contribution in [3.63, 3.8) is 0 Å². The van der Waals surface area contributed by atoms with E-state index >= 15 is 0 Å². The topological polar surface area (TPSA) is 57.7 Å². The van der Waals surface area contributed by atoms with Crippen LogP contribution in [0.4, 0.5) is 5.69 Å². The third kappa shape index (κ3) is 2.13. The molecule has 0 saturated carbocycles. The highest BCUT2D eigenvalue weighted by molar-refractivity contribution is 7.89. The molecule has 110 valence electrons. The number of sulfonamides is 1. The van der Waals surface area contributed by atoms with Crippen LogP contribution in [-0.4, -0.2) is 38.8 Å². The summed E-state index contributed by atoms with van der Waals surface area (Å²) in [6, 6.07) is 3.30. The molecule has 0 bridgehead atoms. The lowest BCUT2D eigenvalue weighted by molar-refractivity contribution is -0.117. The first-order valence-electron chi connectivity index (χ1n) is 6.81. The Morgan fingerprint density at radius 3 is 2.81 bits per heavy atom. The van der Waals surface area contributed by atoms with Crippen LogP contribution < -0.4 is 4.90 Å². The van der Waals surface area contributed by atoms with E-state index in [1.165, 1.54) is 7.05 Å². The summed E-state index contributed by atoms with van der Waals surface area (Å²) < 4.78 is 26.2. The molecule has 1 aromatic rings. The number of amides is 1. The standard InChI is InChI=1S/C15H16N2O3S/c1-3-6-16(2)21(19,20)13-8-11-5-4-7-17-14(18)10-12(9-13)15(11)17/h1,8-9H,4-7,10H2,2H3. The van der Waals surface area contributed by atoms with Gasteiger partial charge in [-0.25, -0.2) is 8.42 Å². The molecular formula is C15H16N2O3S. The van der Waals surface area contributed by atoms with E-state index < -0.39 is 10.0 Å². The third-order valence-electron chi connectivity index (χ3n) is 4.00. The summed E-state index contributed by atoms with van der Waals surface area (Å²) in [5.41, 5.74) is 2.67. The van der Waals surface area contributed by atoms with Crippen molar-refractivity contribution in [2.24, 2.45) is 0 Å². The monoisotopic (exact) mass is 304 g/mol. The number of benzene rings is 1. The Hall–Kier alpha value is -1.84. The second-order valence-corrected chi connectivity index (χ2v) is 7.43. The molecular weight excluding hydrogens is 288 g/mol. The molecule has 6 heteroatoms. The largest absolute Gasteiger partial charge is 0.312 e. The van der Waals surface area contributed by atoms with Crippen LogP contribution in [0.2, 0.25) is 0 Å². The van der Waals surface area contributed by atoms with Gasteiger partial charge in [0.1, 0.15) is 0 Å². The van der Waals surface area contributed by atoms with Gasteiger partial charge in [0.25, 0.3) is 0 Å². The highest BCUT2D eigenvalue weighted by Crippen LogP contribution is 2.38. The summed E-state index contributed by atoms with van der Waals surface area (Å²) in [4.78, 5) is 14.0. The molecule has 5 nitrogen and oxygen atoms in total. The van der Waals surface area contributed by atoms with Gasteiger partial charge in [-0.1, -0.05) is 5.92 Å². The van der Waals surface area contributed by atoms with E-state index in [0.717, 1.165) is 40.5 Å². The van der Waals surface area contributed by atoms with Crippen molar-refractivity contribution in [3.8, 4) is 12.3 Å². The molecule has 2 heterocycles. The number of carbonyl (C=O) groups excluding carboxylic acids is 1. The Morgan fingerprint density at radius 2 is 2.10 bits per heavy atom. The van der Waals surface area contributed by atoms with Crippen molar-refractivity contribution in [1.82, 2.24) is 4.31 Å². The van der Waals surface area contributed by atoms with Crippen molar-refractivity contribution >= 4 is 21.6 Å². The Balaban J connectivity index is 2.11. The number of terminal acetylenes is 1. The molecule has 2 aliphatic heterocycles. The molecule has 2 aliphatic rings. The average Bonchev–Trinajstić information content (AvgIpc) is 2.77. The first-order valence-corrected chi connectivity index (χ1v) is 8.25. The normalized spacial score (nSPS) is 17.0. The van der Waals surface area contributed by atoms with Gasteiger partial charge in [0.2, 0.25) is 15.9 Å². The molecule has 0 unspecified atom stereocenters. The lowest BCUT2D eigenvalue weighted by Crippen LogP contribution is -2.31. The van der Waals surface area contributed by atoms with Crippen molar-refractivity contribution < 1.29 is 13.2 Å². The summed E-state index contributed by atoms with van der Waals surface area (Å²) in [6.07, 6.45) is 7.13. The smallest absolute Gasteiger partial charge is 0.243 e. The van der Waals surface area contributed by atoms with Gasteiger partial charge < -0.3 is 4.90 Å². The number of aryl methyl sites for hydroxylation is 1. The Kier molecular flexibility index (Phi) is 3.27. The van der Waals surface area contributed by atoms with Gasteiger partial charge >= 0.3 is 0 Å². The predicted molar refractivity (Wildman–Crippen MR) is 79.5 cm³/mol. The van der Waals surface area contributed by atoms with Crippen LogP contribution in [0.5, 0.6) is 0 Å². The van der Waals surface area contributed by atoms with Gasteiger partial charge in [0.05, 0.1) is 23.5 Å². The first-order chi connectivity index (χ1) is 9.95. The fraction of sp³-hybridized carbons (Fsp3) is 0.400. The molecule has 0 N–H and O–H groups in total. The highest BCUT2D eigenvalue weighted by atomic mass is 32.2. The maximum atomic E-state index is 12.5. The molecule has 3 rings (SSSR count). The third-order valence-corrected chi connectivity index (χ3v) is 5.79. The van der Waals surface area contributed by atoms with E-state index in [2.05, 4.69) is 5.92 Å². The summed E-state index contributed by atoms with van der Waals surface area (Å²) in [7, 11) is -2.14. The van der Waals surface area contributed by atoms with Crippen LogP contribution in [0, 0.1) is 12.3 Å². The van der Waals surface area contributed by atoms with Crippen LogP contribution in [0.3, 0.4) is 0 Å². The Bertz CT molecular complexity index is 762. The van der Waals surface area contributed by atoms with Crippen molar-refractivity contribution in [2.75, 3.05) is 25.0 Å². The predicted octanol–water partition coefficient (Wildman–Crippen LogP) is 0.776. The average molecular weight is 304 g/mol. The van der Waals surface area contributed by atoms with E-state index in [1.807, 2.05) is 0 Å². The van der Waals surface area contributed by atoms with Crippen LogP contribution in [0.1, 0.15) is 17.5 Å². The van der Waals surface area contributed by atoms with Gasteiger partial charge in [-0.2, -0.15) is 4.31 Å². The zero-order valence-corrected chi connectivity index (χ0v) is 12.6. The number of rotatable bonds is 3. The molecule has 1 aromatic carbocycles. The summed E-state index contributed by atoms with van der Waals surface area (Å²) >= 11 is 0. The number of anilines is 1. The maximum absolute atomic E-state index is 12.5. The van der Waals surface area contributed by atoms with Crippen molar-refractivity contribution in [1.29, 1.82) is 0 Å². The van der Waals surface area contributed by atoms with E-state index in [-0.39, 0.29) is 23.8 Å². The maximum Gasteiger partial charge on any atom is 0.243 e. The lowest BCUT2D eigenvalue weighted by Gasteiger charge is -2.26. The first kappa shape index (κ1) is 14.1. The van der Waals surface area contributed by atoms with E-state index in [9.17, 15) is 13.2 Å². The second kappa shape index (κ2) is 4.86. The fourth-order valence-electron chi connectivity index (χ4n) is 2.99. The molecule has 0 saturated heterocycles. The molecule has 0 spiro atoms. The minimum atomic E-state index is -3.61. The minimum absolute atomic E-state index is 0.0276. The summed E-state index contributed by atoms with van der Waals surface area (Å²) in [5, 5.41) is 0. The minimum Gasteiger partial charge on any atom is -0.312 e. The fourth-order valence-corrected chi connectivity index (χ4v) is 4.18. The van der Waals surface area contributed by atoms with Crippen LogP contribution in [0.15, 0.2) is 17.0 Å². The molecule has 0 aliphatic carbocycles. The zero-order chi connectivity index (χ0) is 15.2. The van der Waals surface area contributed by atoms with Gasteiger partial charge in [-0.15, -0.1) is 6.42 Å². The molecule has 0 atom stereocenters. The molecule has 21 heavy (non-hydrogen) atoms. The molecule has 0 radical (unpaired) electrons. The van der Waals surface area contributed by atoms with Crippen molar-refractivity contribution in [3.05, 3.63) is 23.3 Å². The molecule has 0 fully saturated rings. The van der Waals surface area contributed by atoms with Gasteiger partial charge in [0, 0.05) is 13.6 Å². The summed E-state index contributed by atoms with van der Waals surface area (Å²) in [6.45, 7) is 0.752. The quantitative estimate of drug-likeness (QED) is 0.775. The lowest BCUT2D eigenvalue weighted by atomic mass is 10.0. The number of nitrogens with zero attached hydrogens (tertiary/aromatic N) is 2. The van der Waals surface area contributed by atoms with Crippen molar-refractivity contribution in [2.45, 2.75) is 24.2 Å². The van der Waals surface area contributed by atoms with Gasteiger partial charge in [-0.05, 0) is 36.1 Å². The number of hydrogen-bond acceptors (Lipinski definition) is 3. The van der Waals surface area contributed by atoms with E-state index in [0.29, 0.717) is 0 Å². The number of hydrogen-bond donors (Lipinski definition) is 0. The second-order valence-electron chi connectivity index (χ2n) is 5.38. The van der Waals surface area contributed by atoms with Gasteiger partial charge in [-0.3, -0.25) is 4.79 Å². The van der Waals surface area contributed by atoms with E-state index in [4.69, 9.17) is 6.42 Å². The Labute approximate surface area is 124 Å². The zero-order valence-electron chi connectivity index (χ0n) is 11.8. The molecule has 0 aromatic heterocycles. The van der Waals surface area contributed by atoms with Gasteiger partial charge in [0.15, 0.2) is 0 Å². The van der Waals surface area contributed by atoms with E-state index in [1.54, 1.807) is 17.0 Å². The highest BCUT2D eigenvalue weighted by Gasteiger charge is 2.34. The Morgan fingerprint density at radius 1 is 1.38 bits per heavy atom. The SMILES string of the molecule is C#CCN(C)S(=O)(=O)c1cc2c3c(c1)CC(=O)N3CCC2. The van der Waals surface area contributed by atoms with Crippen LogP contribution in [-0.2, 0) is 27.7 Å². The van der Waals surface area contributed by atoms with Crippen LogP contribution >= 0.6 is 0 Å². The van der Waals surface area contributed by atoms with Crippen LogP contribution in [0.25, 0.3) is 0 Å². The molecule has 1 amide bonds. The summed E-state index contributed by atoms with van der Waals surface area (Å²) in [5.74, 6) is 2.39. The number of carbonyl (C=O) groups is 1.